The number of piperidine rings is 1. The Balaban J connectivity index is 1.63. The molecule has 112 valence electrons. The zero-order chi connectivity index (χ0) is 13.6. The van der Waals surface area contributed by atoms with Crippen LogP contribution in [0.2, 0.25) is 0 Å². The third-order valence-corrected chi connectivity index (χ3v) is 5.45. The van der Waals surface area contributed by atoms with E-state index in [0.29, 0.717) is 6.04 Å². The van der Waals surface area contributed by atoms with Crippen LogP contribution in [-0.4, -0.2) is 37.1 Å². The molecular formula is C17H34N2. The number of rotatable bonds is 6. The molecular weight excluding hydrogens is 232 g/mol. The van der Waals surface area contributed by atoms with E-state index in [1.165, 1.54) is 84.0 Å². The molecule has 2 aliphatic rings. The summed E-state index contributed by atoms with van der Waals surface area (Å²) in [6.45, 7) is 9.77. The molecule has 0 aromatic carbocycles. The Hall–Kier alpha value is -0.0800. The fourth-order valence-corrected chi connectivity index (χ4v) is 3.92. The third-order valence-electron chi connectivity index (χ3n) is 5.45. The van der Waals surface area contributed by atoms with Gasteiger partial charge in [0.25, 0.3) is 0 Å². The molecule has 0 bridgehead atoms. The van der Waals surface area contributed by atoms with E-state index in [-0.39, 0.29) is 0 Å². The number of nitrogens with one attached hydrogen (secondary N) is 1. The molecule has 1 aliphatic carbocycles. The van der Waals surface area contributed by atoms with Crippen LogP contribution in [0.3, 0.4) is 0 Å². The molecule has 2 nitrogen and oxygen atoms in total. The summed E-state index contributed by atoms with van der Waals surface area (Å²) in [7, 11) is 0. The van der Waals surface area contributed by atoms with Crippen molar-refractivity contribution >= 4 is 0 Å². The molecule has 2 fully saturated rings. The largest absolute Gasteiger partial charge is 0.314 e. The van der Waals surface area contributed by atoms with E-state index in [0.717, 1.165) is 5.41 Å². The average Bonchev–Trinajstić information content (AvgIpc) is 2.45. The van der Waals surface area contributed by atoms with Crippen LogP contribution in [0.1, 0.15) is 71.6 Å². The molecule has 0 aromatic rings. The predicted molar refractivity (Wildman–Crippen MR) is 83.6 cm³/mol. The Morgan fingerprint density at radius 1 is 1.05 bits per heavy atom. The van der Waals surface area contributed by atoms with E-state index in [9.17, 15) is 0 Å². The van der Waals surface area contributed by atoms with Gasteiger partial charge in [-0.25, -0.2) is 0 Å². The summed E-state index contributed by atoms with van der Waals surface area (Å²) in [5.74, 6) is 0. The summed E-state index contributed by atoms with van der Waals surface area (Å²) in [6.07, 6.45) is 13.0. The summed E-state index contributed by atoms with van der Waals surface area (Å²) in [5, 5.41) is 3.60. The van der Waals surface area contributed by atoms with Gasteiger partial charge in [0, 0.05) is 6.04 Å². The highest BCUT2D eigenvalue weighted by atomic mass is 15.1. The highest BCUT2D eigenvalue weighted by molar-refractivity contribution is 4.88. The van der Waals surface area contributed by atoms with Crippen molar-refractivity contribution in [3.05, 3.63) is 0 Å². The van der Waals surface area contributed by atoms with Crippen molar-refractivity contribution in [2.45, 2.75) is 77.7 Å². The Labute approximate surface area is 120 Å². The summed E-state index contributed by atoms with van der Waals surface area (Å²) in [4.78, 5) is 2.71. The zero-order valence-corrected chi connectivity index (χ0v) is 13.2. The lowest BCUT2D eigenvalue weighted by molar-refractivity contribution is 0.0661. The van der Waals surface area contributed by atoms with E-state index in [1.807, 2.05) is 0 Å². The van der Waals surface area contributed by atoms with Gasteiger partial charge in [-0.1, -0.05) is 26.2 Å². The van der Waals surface area contributed by atoms with Gasteiger partial charge in [-0.05, 0) is 77.0 Å². The maximum absolute atomic E-state index is 3.60. The first-order valence-electron chi connectivity index (χ1n) is 8.70. The van der Waals surface area contributed by atoms with Gasteiger partial charge in [0.15, 0.2) is 0 Å². The first kappa shape index (κ1) is 15.3. The Bertz CT molecular complexity index is 236. The maximum Gasteiger partial charge on any atom is 0.00508 e. The minimum Gasteiger partial charge on any atom is -0.314 e. The van der Waals surface area contributed by atoms with E-state index in [4.69, 9.17) is 0 Å². The predicted octanol–water partition coefficient (Wildman–Crippen LogP) is 3.81. The smallest absolute Gasteiger partial charge is 0.00508 e. The van der Waals surface area contributed by atoms with Crippen LogP contribution in [0.4, 0.5) is 0 Å². The van der Waals surface area contributed by atoms with Crippen LogP contribution in [0, 0.1) is 5.41 Å². The van der Waals surface area contributed by atoms with Crippen LogP contribution in [0.25, 0.3) is 0 Å². The number of likely N-dealkylation sites (tertiary alicyclic amines) is 1. The summed E-state index contributed by atoms with van der Waals surface area (Å²) >= 11 is 0. The van der Waals surface area contributed by atoms with Gasteiger partial charge >= 0.3 is 0 Å². The van der Waals surface area contributed by atoms with Gasteiger partial charge in [0.1, 0.15) is 0 Å². The fraction of sp³-hybridized carbons (Fsp3) is 1.00. The number of hydrogen-bond acceptors (Lipinski definition) is 2. The number of nitrogens with zero attached hydrogens (tertiary/aromatic N) is 1. The molecule has 1 N–H and O–H groups in total. The van der Waals surface area contributed by atoms with E-state index in [2.05, 4.69) is 24.1 Å². The van der Waals surface area contributed by atoms with Crippen molar-refractivity contribution in [1.82, 2.24) is 10.2 Å². The molecule has 0 aromatic heterocycles. The van der Waals surface area contributed by atoms with Gasteiger partial charge in [-0.3, -0.25) is 0 Å². The summed E-state index contributed by atoms with van der Waals surface area (Å²) in [5.41, 5.74) is 0.765. The van der Waals surface area contributed by atoms with Gasteiger partial charge in [-0.15, -0.1) is 0 Å². The van der Waals surface area contributed by atoms with Crippen molar-refractivity contribution in [2.24, 2.45) is 5.41 Å². The first-order valence-corrected chi connectivity index (χ1v) is 8.70. The van der Waals surface area contributed by atoms with Crippen LogP contribution >= 0.6 is 0 Å². The monoisotopic (exact) mass is 266 g/mol. The highest BCUT2D eigenvalue weighted by Crippen LogP contribution is 2.44. The molecule has 1 saturated carbocycles. The average molecular weight is 266 g/mol. The lowest BCUT2D eigenvalue weighted by Gasteiger charge is -2.44. The molecule has 0 amide bonds. The van der Waals surface area contributed by atoms with Crippen molar-refractivity contribution in [1.29, 1.82) is 0 Å². The maximum atomic E-state index is 3.60. The van der Waals surface area contributed by atoms with Gasteiger partial charge < -0.3 is 10.2 Å². The van der Waals surface area contributed by atoms with Crippen molar-refractivity contribution in [3.63, 3.8) is 0 Å². The highest BCUT2D eigenvalue weighted by Gasteiger charge is 2.35. The second kappa shape index (κ2) is 7.64. The first-order chi connectivity index (χ1) is 9.24. The zero-order valence-electron chi connectivity index (χ0n) is 13.2. The molecule has 1 heterocycles. The minimum absolute atomic E-state index is 0.686. The van der Waals surface area contributed by atoms with Crippen LogP contribution in [0.15, 0.2) is 0 Å². The van der Waals surface area contributed by atoms with E-state index < -0.39 is 0 Å². The molecule has 1 spiro atoms. The standard InChI is InChI=1S/C17H34N2/c1-3-12-18-16(2)7-13-19-14-10-17(11-15-19)8-5-4-6-9-17/h16,18H,3-15H2,1-2H3. The lowest BCUT2D eigenvalue weighted by atomic mass is 9.68. The molecule has 0 radical (unpaired) electrons. The molecule has 1 aliphatic heterocycles. The van der Waals surface area contributed by atoms with Crippen molar-refractivity contribution in [2.75, 3.05) is 26.2 Å². The van der Waals surface area contributed by atoms with Gasteiger partial charge in [0.2, 0.25) is 0 Å². The summed E-state index contributed by atoms with van der Waals surface area (Å²) in [6, 6.07) is 0.686. The van der Waals surface area contributed by atoms with E-state index >= 15 is 0 Å². The number of hydrogen-bond donors (Lipinski definition) is 1. The third kappa shape index (κ3) is 4.75. The van der Waals surface area contributed by atoms with Crippen molar-refractivity contribution < 1.29 is 0 Å². The molecule has 2 rings (SSSR count). The molecule has 19 heavy (non-hydrogen) atoms. The SMILES string of the molecule is CCCNC(C)CCN1CCC2(CCCCC2)CC1. The Morgan fingerprint density at radius 2 is 1.74 bits per heavy atom. The topological polar surface area (TPSA) is 15.3 Å². The van der Waals surface area contributed by atoms with Gasteiger partial charge in [0.05, 0.1) is 0 Å². The van der Waals surface area contributed by atoms with E-state index in [1.54, 1.807) is 0 Å². The van der Waals surface area contributed by atoms with Crippen molar-refractivity contribution in [3.8, 4) is 0 Å². The minimum atomic E-state index is 0.686. The lowest BCUT2D eigenvalue weighted by Crippen LogP contribution is -2.42. The molecule has 1 atom stereocenters. The quantitative estimate of drug-likeness (QED) is 0.786. The summed E-state index contributed by atoms with van der Waals surface area (Å²) < 4.78 is 0. The van der Waals surface area contributed by atoms with Gasteiger partial charge in [-0.2, -0.15) is 0 Å². The second-order valence-electron chi connectivity index (χ2n) is 7.05. The normalized spacial score (nSPS) is 25.6. The Morgan fingerprint density at radius 3 is 2.37 bits per heavy atom. The van der Waals surface area contributed by atoms with Crippen LogP contribution in [0.5, 0.6) is 0 Å². The van der Waals surface area contributed by atoms with Crippen LogP contribution in [-0.2, 0) is 0 Å². The molecule has 2 heteroatoms. The molecule has 1 saturated heterocycles. The second-order valence-corrected chi connectivity index (χ2v) is 7.05. The Kier molecular flexibility index (Phi) is 6.15. The fourth-order valence-electron chi connectivity index (χ4n) is 3.92. The van der Waals surface area contributed by atoms with Crippen LogP contribution < -0.4 is 5.32 Å². The molecule has 1 unspecified atom stereocenters.